The minimum absolute atomic E-state index is 0.0931. The highest BCUT2D eigenvalue weighted by Crippen LogP contribution is 2.25. The Morgan fingerprint density at radius 1 is 1.11 bits per heavy atom. The van der Waals surface area contributed by atoms with Crippen LogP contribution in [0.5, 0.6) is 0 Å². The first-order valence-electron chi connectivity index (χ1n) is 8.69. The number of carbonyl (C=O) groups excluding carboxylic acids is 3. The third-order valence-corrected chi connectivity index (χ3v) is 6.62. The largest absolute Gasteiger partial charge is 0.295 e. The van der Waals surface area contributed by atoms with Crippen LogP contribution in [0.2, 0.25) is 0 Å². The lowest BCUT2D eigenvalue weighted by molar-refractivity contribution is -0.139. The quantitative estimate of drug-likeness (QED) is 0.545. The lowest BCUT2D eigenvalue weighted by Crippen LogP contribution is -2.42. The van der Waals surface area contributed by atoms with Gasteiger partial charge in [-0.1, -0.05) is 42.5 Å². The lowest BCUT2D eigenvalue weighted by atomic mass is 10.2. The number of imide groups is 1. The molecule has 1 atom stereocenters. The maximum Gasteiger partial charge on any atom is 0.248 e. The second-order valence-corrected chi connectivity index (χ2v) is 8.63. The number of carbonyl (C=O) groups is 3. The van der Waals surface area contributed by atoms with Crippen LogP contribution in [0.15, 0.2) is 59.5 Å². The molecule has 2 aromatic carbocycles. The molecular weight excluding hydrogens is 380 g/mol. The summed E-state index contributed by atoms with van der Waals surface area (Å²) in [6, 6.07) is 13.5. The average molecular weight is 400 g/mol. The van der Waals surface area contributed by atoms with Crippen LogP contribution in [0.4, 0.5) is 0 Å². The van der Waals surface area contributed by atoms with E-state index >= 15 is 0 Å². The highest BCUT2D eigenvalue weighted by Gasteiger charge is 2.44. The van der Waals surface area contributed by atoms with Gasteiger partial charge in [0.1, 0.15) is 6.04 Å². The first kappa shape index (κ1) is 19.9. The summed E-state index contributed by atoms with van der Waals surface area (Å²) < 4.78 is 26.8. The van der Waals surface area contributed by atoms with E-state index in [1.807, 2.05) is 6.07 Å². The summed E-state index contributed by atoms with van der Waals surface area (Å²) in [5.74, 6) is -1.23. The van der Waals surface area contributed by atoms with Crippen molar-refractivity contribution in [3.05, 3.63) is 65.7 Å². The molecule has 28 heavy (non-hydrogen) atoms. The highest BCUT2D eigenvalue weighted by molar-refractivity contribution is 7.89. The van der Waals surface area contributed by atoms with Crippen LogP contribution in [0.25, 0.3) is 0 Å². The van der Waals surface area contributed by atoms with Gasteiger partial charge in [-0.2, -0.15) is 4.31 Å². The highest BCUT2D eigenvalue weighted by atomic mass is 32.2. The first-order chi connectivity index (χ1) is 13.2. The van der Waals surface area contributed by atoms with Gasteiger partial charge in [-0.3, -0.25) is 19.3 Å². The molecule has 0 radical (unpaired) electrons. The predicted octanol–water partition coefficient (Wildman–Crippen LogP) is 1.84. The second-order valence-electron chi connectivity index (χ2n) is 6.63. The molecule has 1 fully saturated rings. The maximum atomic E-state index is 12.9. The smallest absolute Gasteiger partial charge is 0.248 e. The Kier molecular flexibility index (Phi) is 5.44. The van der Waals surface area contributed by atoms with Gasteiger partial charge in [0, 0.05) is 12.6 Å². The Hall–Kier alpha value is -2.84. The van der Waals surface area contributed by atoms with Crippen molar-refractivity contribution < 1.29 is 22.8 Å². The van der Waals surface area contributed by atoms with Crippen molar-refractivity contribution in [2.24, 2.45) is 0 Å². The Morgan fingerprint density at radius 2 is 1.79 bits per heavy atom. The van der Waals surface area contributed by atoms with Crippen molar-refractivity contribution in [3.63, 3.8) is 0 Å². The Bertz CT molecular complexity index is 1030. The van der Waals surface area contributed by atoms with Gasteiger partial charge in [-0.05, 0) is 24.6 Å². The lowest BCUT2D eigenvalue weighted by Gasteiger charge is -2.23. The third-order valence-electron chi connectivity index (χ3n) is 4.76. The topological polar surface area (TPSA) is 91.8 Å². The van der Waals surface area contributed by atoms with Crippen molar-refractivity contribution >= 4 is 27.6 Å². The monoisotopic (exact) mass is 400 g/mol. The predicted molar refractivity (Wildman–Crippen MR) is 102 cm³/mol. The number of rotatable bonds is 6. The molecular formula is C20H20N2O5S. The van der Waals surface area contributed by atoms with E-state index in [0.717, 1.165) is 14.8 Å². The molecule has 0 spiro atoms. The molecule has 1 aliphatic heterocycles. The summed E-state index contributed by atoms with van der Waals surface area (Å²) in [6.45, 7) is 1.44. The zero-order valence-corrected chi connectivity index (χ0v) is 16.3. The van der Waals surface area contributed by atoms with E-state index in [1.54, 1.807) is 24.3 Å². The summed E-state index contributed by atoms with van der Waals surface area (Å²) in [4.78, 5) is 37.6. The minimum atomic E-state index is -4.05. The van der Waals surface area contributed by atoms with Crippen LogP contribution >= 0.6 is 0 Å². The molecule has 3 rings (SSSR count). The fourth-order valence-electron chi connectivity index (χ4n) is 3.09. The molecule has 146 valence electrons. The van der Waals surface area contributed by atoms with E-state index in [4.69, 9.17) is 0 Å². The fraction of sp³-hybridized carbons (Fsp3) is 0.250. The van der Waals surface area contributed by atoms with Crippen LogP contribution < -0.4 is 0 Å². The normalized spacial score (nSPS) is 17.4. The van der Waals surface area contributed by atoms with Crippen LogP contribution in [-0.4, -0.2) is 48.3 Å². The summed E-state index contributed by atoms with van der Waals surface area (Å²) in [5.41, 5.74) is 1.04. The molecule has 0 aliphatic carbocycles. The fourth-order valence-corrected chi connectivity index (χ4v) is 4.45. The molecule has 0 bridgehead atoms. The number of Topliss-reactive ketones (excluding diaryl/α,β-unsaturated/α-hetero) is 1. The summed E-state index contributed by atoms with van der Waals surface area (Å²) in [7, 11) is -2.77. The standard InChI is InChI=1S/C20H20N2O5S/c1-14(23)16-9-6-10-17(11-16)28(26,27)21(2)18-12-19(24)22(20(18)25)13-15-7-4-3-5-8-15/h3-11,18H,12-13H2,1-2H3/t18-/m0/s1. The van der Waals surface area contributed by atoms with Gasteiger partial charge in [0.25, 0.3) is 0 Å². The van der Waals surface area contributed by atoms with Crippen molar-refractivity contribution in [2.45, 2.75) is 30.8 Å². The van der Waals surface area contributed by atoms with Crippen LogP contribution in [-0.2, 0) is 26.2 Å². The van der Waals surface area contributed by atoms with E-state index in [2.05, 4.69) is 0 Å². The number of sulfonamides is 1. The van der Waals surface area contributed by atoms with Crippen LogP contribution in [0.1, 0.15) is 29.3 Å². The Labute approximate surface area is 163 Å². The zero-order chi connectivity index (χ0) is 20.5. The van der Waals surface area contributed by atoms with E-state index in [1.165, 1.54) is 38.2 Å². The van der Waals surface area contributed by atoms with Gasteiger partial charge in [0.05, 0.1) is 17.9 Å². The summed E-state index contributed by atoms with van der Waals surface area (Å²) >= 11 is 0. The molecule has 1 aliphatic rings. The van der Waals surface area contributed by atoms with Gasteiger partial charge < -0.3 is 0 Å². The number of likely N-dealkylation sites (tertiary alicyclic amines) is 1. The second kappa shape index (κ2) is 7.65. The van der Waals surface area contributed by atoms with E-state index < -0.39 is 27.9 Å². The van der Waals surface area contributed by atoms with Crippen molar-refractivity contribution in [1.82, 2.24) is 9.21 Å². The van der Waals surface area contributed by atoms with Gasteiger partial charge in [-0.25, -0.2) is 8.42 Å². The summed E-state index contributed by atoms with van der Waals surface area (Å²) in [5, 5.41) is 0. The molecule has 7 nitrogen and oxygen atoms in total. The third kappa shape index (κ3) is 3.74. The van der Waals surface area contributed by atoms with Gasteiger partial charge in [0.2, 0.25) is 21.8 Å². The van der Waals surface area contributed by atoms with Crippen molar-refractivity contribution in [1.29, 1.82) is 0 Å². The zero-order valence-electron chi connectivity index (χ0n) is 15.5. The molecule has 8 heteroatoms. The van der Waals surface area contributed by atoms with Crippen molar-refractivity contribution in [3.8, 4) is 0 Å². The van der Waals surface area contributed by atoms with Crippen molar-refractivity contribution in [2.75, 3.05) is 7.05 Å². The molecule has 1 saturated heterocycles. The maximum absolute atomic E-state index is 12.9. The number of hydrogen-bond acceptors (Lipinski definition) is 5. The SMILES string of the molecule is CC(=O)c1cccc(S(=O)(=O)N(C)[C@H]2CC(=O)N(Cc3ccccc3)C2=O)c1. The molecule has 0 N–H and O–H groups in total. The van der Waals surface area contributed by atoms with Crippen LogP contribution in [0, 0.1) is 0 Å². The van der Waals surface area contributed by atoms with Crippen LogP contribution in [0.3, 0.4) is 0 Å². The summed E-state index contributed by atoms with van der Waals surface area (Å²) in [6.07, 6.45) is -0.214. The Morgan fingerprint density at radius 3 is 2.43 bits per heavy atom. The number of amides is 2. The minimum Gasteiger partial charge on any atom is -0.295 e. The molecule has 1 heterocycles. The van der Waals surface area contributed by atoms with Gasteiger partial charge in [0.15, 0.2) is 5.78 Å². The first-order valence-corrected chi connectivity index (χ1v) is 10.1. The van der Waals surface area contributed by atoms with Gasteiger partial charge >= 0.3 is 0 Å². The molecule has 2 amide bonds. The number of nitrogens with zero attached hydrogens (tertiary/aromatic N) is 2. The number of likely N-dealkylation sites (N-methyl/N-ethyl adjacent to an activating group) is 1. The van der Waals surface area contributed by atoms with E-state index in [-0.39, 0.29) is 29.2 Å². The van der Waals surface area contributed by atoms with Gasteiger partial charge in [-0.15, -0.1) is 0 Å². The number of benzene rings is 2. The molecule has 0 aromatic heterocycles. The Balaban J connectivity index is 1.85. The number of hydrogen-bond donors (Lipinski definition) is 0. The molecule has 2 aromatic rings. The average Bonchev–Trinajstić information content (AvgIpc) is 2.96. The number of ketones is 1. The van der Waals surface area contributed by atoms with E-state index in [9.17, 15) is 22.8 Å². The molecule has 0 unspecified atom stereocenters. The van der Waals surface area contributed by atoms with E-state index in [0.29, 0.717) is 0 Å². The molecule has 0 saturated carbocycles.